The van der Waals surface area contributed by atoms with Crippen LogP contribution in [0, 0.1) is 6.07 Å². The van der Waals surface area contributed by atoms with Gasteiger partial charge in [0.15, 0.2) is 11.6 Å². The van der Waals surface area contributed by atoms with E-state index in [9.17, 15) is 9.59 Å². The van der Waals surface area contributed by atoms with E-state index in [-0.39, 0.29) is 43.0 Å². The number of ketones is 2. The first-order valence-corrected chi connectivity index (χ1v) is 8.85. The van der Waals surface area contributed by atoms with Crippen LogP contribution in [0.25, 0.3) is 22.0 Å². The Hall–Kier alpha value is -2.62. The summed E-state index contributed by atoms with van der Waals surface area (Å²) < 4.78 is 0. The van der Waals surface area contributed by atoms with Gasteiger partial charge in [0.2, 0.25) is 0 Å². The fraction of sp³-hybridized carbons (Fsp3) is 0.174. The maximum Gasteiger partial charge on any atom is 0.169 e. The molecule has 1 fully saturated rings. The van der Waals surface area contributed by atoms with Gasteiger partial charge in [0.25, 0.3) is 0 Å². The number of aromatic nitrogens is 1. The van der Waals surface area contributed by atoms with Gasteiger partial charge in [-0.3, -0.25) is 9.59 Å². The largest absolute Gasteiger partial charge is 0.512 e. The van der Waals surface area contributed by atoms with E-state index in [1.165, 1.54) is 17.7 Å². The molecule has 1 aliphatic rings. The van der Waals surface area contributed by atoms with Gasteiger partial charge in [0.1, 0.15) is 5.76 Å². The van der Waals surface area contributed by atoms with E-state index in [2.05, 4.69) is 23.2 Å². The number of aliphatic hydroxyl groups is 1. The molecule has 0 atom stereocenters. The number of carbonyl (C=O) groups is 2. The minimum absolute atomic E-state index is 0. The summed E-state index contributed by atoms with van der Waals surface area (Å²) in [5.41, 5.74) is 2.05. The second-order valence-corrected chi connectivity index (χ2v) is 6.32. The molecule has 1 aliphatic carbocycles. The van der Waals surface area contributed by atoms with E-state index < -0.39 is 0 Å². The van der Waals surface area contributed by atoms with Gasteiger partial charge in [-0.05, 0) is 35.9 Å². The molecule has 0 unspecified atom stereocenters. The van der Waals surface area contributed by atoms with E-state index >= 15 is 0 Å². The van der Waals surface area contributed by atoms with Gasteiger partial charge in [0, 0.05) is 39.1 Å². The molecule has 0 bridgehead atoms. The van der Waals surface area contributed by atoms with E-state index in [1.54, 1.807) is 0 Å². The van der Waals surface area contributed by atoms with Crippen LogP contribution in [-0.4, -0.2) is 21.7 Å². The van der Waals surface area contributed by atoms with Crippen molar-refractivity contribution in [2.24, 2.45) is 0 Å². The summed E-state index contributed by atoms with van der Waals surface area (Å²) in [4.78, 5) is 26.5. The molecule has 1 N–H and O–H groups in total. The van der Waals surface area contributed by atoms with Crippen molar-refractivity contribution >= 4 is 22.3 Å². The van der Waals surface area contributed by atoms with Gasteiger partial charge < -0.3 is 10.1 Å². The van der Waals surface area contributed by atoms with Gasteiger partial charge >= 0.3 is 0 Å². The van der Waals surface area contributed by atoms with E-state index in [0.29, 0.717) is 19.3 Å². The van der Waals surface area contributed by atoms with E-state index in [0.717, 1.165) is 11.3 Å². The summed E-state index contributed by atoms with van der Waals surface area (Å²) in [5, 5.41) is 11.3. The summed E-state index contributed by atoms with van der Waals surface area (Å²) >= 11 is 0. The Kier molecular flexibility index (Phi) is 7.79. The van der Waals surface area contributed by atoms with Crippen molar-refractivity contribution in [2.45, 2.75) is 26.2 Å². The molecule has 145 valence electrons. The zero-order chi connectivity index (χ0) is 19.2. The number of allylic oxidation sites excluding steroid dienone is 2. The van der Waals surface area contributed by atoms with Crippen molar-refractivity contribution in [3.8, 4) is 11.3 Å². The normalized spacial score (nSPS) is 13.4. The molecule has 0 saturated heterocycles. The summed E-state index contributed by atoms with van der Waals surface area (Å²) in [6.45, 7) is 1.37. The van der Waals surface area contributed by atoms with Gasteiger partial charge in [-0.15, -0.1) is 35.9 Å². The second-order valence-electron chi connectivity index (χ2n) is 6.32. The third-order valence-electron chi connectivity index (χ3n) is 4.36. The first kappa shape index (κ1) is 21.7. The van der Waals surface area contributed by atoms with E-state index in [4.69, 9.17) is 5.11 Å². The minimum Gasteiger partial charge on any atom is -0.512 e. The number of pyridine rings is 1. The first-order chi connectivity index (χ1) is 13.1. The summed E-state index contributed by atoms with van der Waals surface area (Å²) in [6, 6.07) is 21.4. The Morgan fingerprint density at radius 3 is 2.29 bits per heavy atom. The van der Waals surface area contributed by atoms with Gasteiger partial charge in [-0.2, -0.15) is 0 Å². The quantitative estimate of drug-likeness (QED) is 0.204. The fourth-order valence-corrected chi connectivity index (χ4v) is 3.09. The molecule has 1 radical (unpaired) electrons. The first-order valence-electron chi connectivity index (χ1n) is 8.85. The molecule has 5 heteroatoms. The van der Waals surface area contributed by atoms with Crippen molar-refractivity contribution in [3.63, 3.8) is 0 Å². The Balaban J connectivity index is 0.000000208. The SMILES string of the molecule is CC(O)=C1C(=O)CCCC1=O.[Ir].[c-]1ccccc1-c1nccc2ccccc12. The van der Waals surface area contributed by atoms with Crippen molar-refractivity contribution in [3.05, 3.63) is 78.2 Å². The summed E-state index contributed by atoms with van der Waals surface area (Å²) in [6.07, 6.45) is 3.24. The van der Waals surface area contributed by atoms with Crippen LogP contribution in [0.1, 0.15) is 26.2 Å². The molecule has 1 saturated carbocycles. The molecule has 0 aliphatic heterocycles. The molecular weight excluding hydrogens is 530 g/mol. The van der Waals surface area contributed by atoms with Gasteiger partial charge in [0.05, 0.1) is 5.57 Å². The number of hydrogen-bond donors (Lipinski definition) is 1. The molecule has 0 amide bonds. The number of rotatable bonds is 1. The van der Waals surface area contributed by atoms with Crippen molar-refractivity contribution in [2.75, 3.05) is 0 Å². The number of fused-ring (bicyclic) bond motifs is 1. The fourth-order valence-electron chi connectivity index (χ4n) is 3.09. The number of carbonyl (C=O) groups excluding carboxylic acids is 2. The zero-order valence-corrected chi connectivity index (χ0v) is 17.8. The predicted octanol–water partition coefficient (Wildman–Crippen LogP) is 4.84. The number of hydrogen-bond acceptors (Lipinski definition) is 4. The molecule has 1 aromatic heterocycles. The average Bonchev–Trinajstić information content (AvgIpc) is 2.68. The Bertz CT molecular complexity index is 985. The van der Waals surface area contributed by atoms with Crippen LogP contribution in [0.15, 0.2) is 72.1 Å². The second kappa shape index (κ2) is 10.1. The van der Waals surface area contributed by atoms with Crippen LogP contribution in [0.5, 0.6) is 0 Å². The van der Waals surface area contributed by atoms with Crippen LogP contribution in [0.2, 0.25) is 0 Å². The molecular formula is C23H20IrNO3-. The standard InChI is InChI=1S/C15H10N.C8H10O3.Ir/c1-2-7-13(8-3-1)15-14-9-5-4-6-12(14)10-11-16-15;1-5(9)8-6(10)3-2-4-7(8)11;/h1-7,9-11H;9H,2-4H2,1H3;/q-1;;. The van der Waals surface area contributed by atoms with Crippen LogP contribution in [0.3, 0.4) is 0 Å². The van der Waals surface area contributed by atoms with Crippen LogP contribution in [0.4, 0.5) is 0 Å². The maximum absolute atomic E-state index is 11.0. The van der Waals surface area contributed by atoms with Crippen LogP contribution < -0.4 is 0 Å². The predicted molar refractivity (Wildman–Crippen MR) is 105 cm³/mol. The summed E-state index contributed by atoms with van der Waals surface area (Å²) in [5.74, 6) is -0.581. The molecule has 3 aromatic rings. The molecule has 1 heterocycles. The molecule has 4 rings (SSSR count). The molecule has 0 spiro atoms. The van der Waals surface area contributed by atoms with Crippen LogP contribution >= 0.6 is 0 Å². The third-order valence-corrected chi connectivity index (χ3v) is 4.36. The number of Topliss-reactive ketones (excluding diaryl/α,β-unsaturated/α-hetero) is 2. The van der Waals surface area contributed by atoms with Crippen molar-refractivity contribution in [1.29, 1.82) is 0 Å². The van der Waals surface area contributed by atoms with Gasteiger partial charge in [-0.25, -0.2) is 0 Å². The number of benzene rings is 2. The van der Waals surface area contributed by atoms with Crippen LogP contribution in [-0.2, 0) is 29.7 Å². The average molecular weight is 551 g/mol. The zero-order valence-electron chi connectivity index (χ0n) is 15.4. The topological polar surface area (TPSA) is 67.3 Å². The molecule has 28 heavy (non-hydrogen) atoms. The number of nitrogens with zero attached hydrogens (tertiary/aromatic N) is 1. The Morgan fingerprint density at radius 2 is 1.68 bits per heavy atom. The minimum atomic E-state index is -0.221. The molecule has 4 nitrogen and oxygen atoms in total. The Labute approximate surface area is 177 Å². The Morgan fingerprint density at radius 1 is 1.00 bits per heavy atom. The number of aliphatic hydroxyl groups excluding tert-OH is 1. The maximum atomic E-state index is 11.0. The smallest absolute Gasteiger partial charge is 0.169 e. The van der Waals surface area contributed by atoms with E-state index in [1.807, 2.05) is 48.7 Å². The third kappa shape index (κ3) is 5.00. The van der Waals surface area contributed by atoms with Crippen molar-refractivity contribution in [1.82, 2.24) is 4.98 Å². The molecule has 2 aromatic carbocycles. The van der Waals surface area contributed by atoms with Gasteiger partial charge in [-0.1, -0.05) is 24.3 Å². The monoisotopic (exact) mass is 551 g/mol. The van der Waals surface area contributed by atoms with Crippen molar-refractivity contribution < 1.29 is 34.8 Å². The summed E-state index contributed by atoms with van der Waals surface area (Å²) in [7, 11) is 0.